The Kier molecular flexibility index (Phi) is 7.44. The topological polar surface area (TPSA) is 81.1 Å². The summed E-state index contributed by atoms with van der Waals surface area (Å²) >= 11 is 0. The molecule has 0 saturated heterocycles. The van der Waals surface area contributed by atoms with Crippen LogP contribution in [0.2, 0.25) is 0 Å². The number of nitrogens with one attached hydrogen (secondary N) is 1. The molecule has 0 radical (unpaired) electrons. The minimum absolute atomic E-state index is 0.00851. The summed E-state index contributed by atoms with van der Waals surface area (Å²) in [4.78, 5) is 15.5. The third kappa shape index (κ3) is 4.85. The first-order valence-corrected chi connectivity index (χ1v) is 14.0. The average molecular weight is 552 g/mol. The summed E-state index contributed by atoms with van der Waals surface area (Å²) in [7, 11) is -4.13. The molecule has 0 bridgehead atoms. The van der Waals surface area contributed by atoms with Crippen LogP contribution in [0.5, 0.6) is 0 Å². The Balaban J connectivity index is 1.75. The van der Waals surface area contributed by atoms with E-state index in [4.69, 9.17) is 0 Å². The largest absolute Gasteiger partial charge is 0.319 e. The third-order valence-corrected chi connectivity index (χ3v) is 8.43. The van der Waals surface area contributed by atoms with E-state index in [2.05, 4.69) is 10.3 Å². The van der Waals surface area contributed by atoms with E-state index in [9.17, 15) is 13.2 Å². The van der Waals surface area contributed by atoms with E-state index in [1.54, 1.807) is 12.1 Å². The molecule has 4 aromatic carbocycles. The van der Waals surface area contributed by atoms with Gasteiger partial charge < -0.3 is 5.32 Å². The van der Waals surface area contributed by atoms with Gasteiger partial charge in [0, 0.05) is 12.3 Å². The summed E-state index contributed by atoms with van der Waals surface area (Å²) in [6, 6.07) is 34.6. The molecule has 200 valence electrons. The second kappa shape index (κ2) is 11.1. The predicted octanol–water partition coefficient (Wildman–Crippen LogP) is 5.69. The van der Waals surface area contributed by atoms with Gasteiger partial charge >= 0.3 is 0 Å². The van der Waals surface area contributed by atoms with Crippen molar-refractivity contribution in [3.8, 4) is 0 Å². The van der Waals surface area contributed by atoms with Gasteiger partial charge in [0.25, 0.3) is 6.08 Å². The van der Waals surface area contributed by atoms with Gasteiger partial charge in [0.05, 0.1) is 10.6 Å². The molecule has 0 aliphatic heterocycles. The molecule has 8 heteroatoms. The van der Waals surface area contributed by atoms with E-state index in [0.717, 1.165) is 28.3 Å². The molecule has 0 saturated carbocycles. The molecule has 0 unspecified atom stereocenters. The molecule has 1 amide bonds. The summed E-state index contributed by atoms with van der Waals surface area (Å²) in [5, 5.41) is 1.85. The first-order valence-electron chi connectivity index (χ1n) is 12.5. The van der Waals surface area contributed by atoms with Crippen LogP contribution in [0, 0.1) is 13.0 Å². The highest BCUT2D eigenvalue weighted by Gasteiger charge is 2.40. The van der Waals surface area contributed by atoms with Crippen LogP contribution in [-0.4, -0.2) is 24.4 Å². The summed E-state index contributed by atoms with van der Waals surface area (Å²) in [5.41, 5.74) is 2.05. The number of carbonyl (C=O) groups excluding carboxylic acids is 1. The summed E-state index contributed by atoms with van der Waals surface area (Å²) in [6.07, 6.45) is 2.06. The number of rotatable bonds is 9. The summed E-state index contributed by atoms with van der Waals surface area (Å²) in [6.45, 7) is 1.84. The van der Waals surface area contributed by atoms with Crippen molar-refractivity contribution in [1.82, 2.24) is 14.9 Å². The second-order valence-electron chi connectivity index (χ2n) is 9.20. The first kappa shape index (κ1) is 26.8. The van der Waals surface area contributed by atoms with Crippen LogP contribution in [0.4, 0.5) is 4.39 Å². The highest BCUT2D eigenvalue weighted by molar-refractivity contribution is 7.95. The van der Waals surface area contributed by atoms with Crippen LogP contribution in [0.3, 0.4) is 0 Å². The molecule has 5 aromatic rings. The zero-order chi connectivity index (χ0) is 28.2. The molecule has 6 nitrogen and oxygen atoms in total. The van der Waals surface area contributed by atoms with Gasteiger partial charge in [-0.15, -0.1) is 0 Å². The van der Waals surface area contributed by atoms with Crippen molar-refractivity contribution >= 4 is 22.3 Å². The Hall–Kier alpha value is -4.82. The Morgan fingerprint density at radius 3 is 1.73 bits per heavy atom. The maximum absolute atomic E-state index is 16.0. The average Bonchev–Trinajstić information content (AvgIpc) is 3.35. The number of sulfone groups is 1. The smallest absolute Gasteiger partial charge is 0.291 e. The fourth-order valence-electron chi connectivity index (χ4n) is 4.87. The van der Waals surface area contributed by atoms with Gasteiger partial charge in [-0.3, -0.25) is 9.36 Å². The highest BCUT2D eigenvalue weighted by Crippen LogP contribution is 2.41. The van der Waals surface area contributed by atoms with Gasteiger partial charge in [0.15, 0.2) is 0 Å². The van der Waals surface area contributed by atoms with Gasteiger partial charge in [-0.1, -0.05) is 109 Å². The van der Waals surface area contributed by atoms with Crippen molar-refractivity contribution in [3.63, 3.8) is 0 Å². The van der Waals surface area contributed by atoms with E-state index in [1.165, 1.54) is 22.9 Å². The van der Waals surface area contributed by atoms with Crippen molar-refractivity contribution in [3.05, 3.63) is 161 Å². The highest BCUT2D eigenvalue weighted by atomic mass is 32.2. The molecular weight excluding hydrogens is 525 g/mol. The van der Waals surface area contributed by atoms with Gasteiger partial charge in [0.2, 0.25) is 16.2 Å². The fraction of sp³-hybridized carbons (Fsp3) is 0.0625. The van der Waals surface area contributed by atoms with Crippen molar-refractivity contribution < 1.29 is 17.6 Å². The van der Waals surface area contributed by atoms with Gasteiger partial charge in [-0.25, -0.2) is 13.4 Å². The van der Waals surface area contributed by atoms with Crippen LogP contribution in [-0.2, 0) is 20.2 Å². The number of imidazole rings is 1. The molecule has 1 heterocycles. The minimum atomic E-state index is -4.13. The standard InChI is InChI=1S/C32H26FN3O3S/c1-24-17-19-29(20-18-24)40(38,39)30(34-23-37)21-28-22-36(31(33)35-28)32(25-11-5-2-6-12-25,26-13-7-3-8-14-26)27-15-9-4-10-16-27/h2-23H,1H3,(H,34,37)/b30-21+. The molecule has 0 aliphatic carbocycles. The maximum Gasteiger partial charge on any atom is 0.291 e. The van der Waals surface area contributed by atoms with Gasteiger partial charge in [-0.05, 0) is 35.7 Å². The number of benzene rings is 4. The minimum Gasteiger partial charge on any atom is -0.319 e. The first-order chi connectivity index (χ1) is 19.4. The van der Waals surface area contributed by atoms with Crippen molar-refractivity contribution in [2.24, 2.45) is 0 Å². The molecular formula is C32H26FN3O3S. The van der Waals surface area contributed by atoms with E-state index >= 15 is 4.39 Å². The Morgan fingerprint density at radius 1 is 0.800 bits per heavy atom. The Morgan fingerprint density at radius 2 is 1.27 bits per heavy atom. The van der Waals surface area contributed by atoms with E-state index in [0.29, 0.717) is 0 Å². The third-order valence-electron chi connectivity index (χ3n) is 6.72. The van der Waals surface area contributed by atoms with E-state index in [-0.39, 0.29) is 17.0 Å². The van der Waals surface area contributed by atoms with Crippen LogP contribution in [0.25, 0.3) is 6.08 Å². The number of hydrogen-bond donors (Lipinski definition) is 1. The normalized spacial score (nSPS) is 12.2. The number of aryl methyl sites for hydroxylation is 1. The molecule has 0 fully saturated rings. The van der Waals surface area contributed by atoms with Crippen molar-refractivity contribution in [2.45, 2.75) is 17.4 Å². The summed E-state index contributed by atoms with van der Waals surface area (Å²) in [5.74, 6) is 0. The number of carbonyl (C=O) groups is 1. The number of nitrogens with zero attached hydrogens (tertiary/aromatic N) is 2. The van der Waals surface area contributed by atoms with Crippen LogP contribution in [0.1, 0.15) is 27.9 Å². The van der Waals surface area contributed by atoms with Crippen LogP contribution >= 0.6 is 0 Å². The number of amides is 1. The van der Waals surface area contributed by atoms with Crippen LogP contribution in [0.15, 0.2) is 131 Å². The Bertz CT molecular complexity index is 1650. The Labute approximate surface area is 232 Å². The van der Waals surface area contributed by atoms with Crippen LogP contribution < -0.4 is 5.32 Å². The zero-order valence-electron chi connectivity index (χ0n) is 21.6. The number of hydrogen-bond acceptors (Lipinski definition) is 4. The van der Waals surface area contributed by atoms with Crippen molar-refractivity contribution in [1.29, 1.82) is 0 Å². The molecule has 0 spiro atoms. The lowest BCUT2D eigenvalue weighted by Crippen LogP contribution is -2.38. The summed E-state index contributed by atoms with van der Waals surface area (Å²) < 4.78 is 44.2. The van der Waals surface area contributed by atoms with E-state index in [1.807, 2.05) is 97.9 Å². The second-order valence-corrected chi connectivity index (χ2v) is 11.1. The number of aromatic nitrogens is 2. The lowest BCUT2D eigenvalue weighted by Gasteiger charge is -2.37. The molecule has 0 atom stereocenters. The quantitative estimate of drug-likeness (QED) is 0.189. The molecule has 40 heavy (non-hydrogen) atoms. The maximum atomic E-state index is 16.0. The lowest BCUT2D eigenvalue weighted by molar-refractivity contribution is -0.108. The molecule has 0 aliphatic rings. The van der Waals surface area contributed by atoms with E-state index < -0.39 is 26.5 Å². The van der Waals surface area contributed by atoms with Crippen molar-refractivity contribution in [2.75, 3.05) is 0 Å². The predicted molar refractivity (Wildman–Crippen MR) is 152 cm³/mol. The number of halogens is 1. The lowest BCUT2D eigenvalue weighted by atomic mass is 9.76. The SMILES string of the molecule is Cc1ccc(S(=O)(=O)/C(=C/c2cn(C(c3ccccc3)(c3ccccc3)c3ccccc3)c(F)n2)NC=O)cc1. The molecule has 1 aromatic heterocycles. The zero-order valence-corrected chi connectivity index (χ0v) is 22.4. The van der Waals surface area contributed by atoms with Gasteiger partial charge in [0.1, 0.15) is 10.6 Å². The van der Waals surface area contributed by atoms with Gasteiger partial charge in [-0.2, -0.15) is 4.39 Å². The molecule has 5 rings (SSSR count). The monoisotopic (exact) mass is 551 g/mol. The fourth-order valence-corrected chi connectivity index (χ4v) is 6.10. The molecule has 1 N–H and O–H groups in total.